The van der Waals surface area contributed by atoms with Gasteiger partial charge in [0, 0.05) is 25.5 Å². The van der Waals surface area contributed by atoms with E-state index in [1.165, 1.54) is 0 Å². The predicted molar refractivity (Wildman–Crippen MR) is 99.7 cm³/mol. The highest BCUT2D eigenvalue weighted by molar-refractivity contribution is 6.02. The molecule has 126 valence electrons. The van der Waals surface area contributed by atoms with Crippen LogP contribution in [0.15, 0.2) is 66.9 Å². The fourth-order valence-corrected chi connectivity index (χ4v) is 2.42. The lowest BCUT2D eigenvalue weighted by atomic mass is 10.2. The van der Waals surface area contributed by atoms with E-state index in [1.807, 2.05) is 73.5 Å². The summed E-state index contributed by atoms with van der Waals surface area (Å²) in [7, 11) is 1.91. The first-order valence-electron chi connectivity index (χ1n) is 8.08. The van der Waals surface area contributed by atoms with Crippen LogP contribution in [0.4, 0.5) is 11.6 Å². The van der Waals surface area contributed by atoms with Gasteiger partial charge in [0.2, 0.25) is 5.95 Å². The Hall–Kier alpha value is -3.21. The molecular formula is C20H20N4O. The number of amides is 1. The second kappa shape index (κ2) is 7.57. The average molecular weight is 332 g/mol. The number of nitrogens with zero attached hydrogens (tertiary/aromatic N) is 3. The number of anilines is 2. The number of benzene rings is 2. The van der Waals surface area contributed by atoms with Gasteiger partial charge in [-0.3, -0.25) is 4.79 Å². The normalized spacial score (nSPS) is 10.3. The van der Waals surface area contributed by atoms with Gasteiger partial charge in [0.1, 0.15) is 5.69 Å². The summed E-state index contributed by atoms with van der Waals surface area (Å²) < 4.78 is 0. The Labute approximate surface area is 147 Å². The molecule has 3 aromatic rings. The maximum Gasteiger partial charge on any atom is 0.274 e. The van der Waals surface area contributed by atoms with E-state index in [0.29, 0.717) is 18.2 Å². The molecule has 0 bridgehead atoms. The second-order valence-electron chi connectivity index (χ2n) is 5.90. The van der Waals surface area contributed by atoms with Gasteiger partial charge in [-0.2, -0.15) is 0 Å². The van der Waals surface area contributed by atoms with Gasteiger partial charge < -0.3 is 10.2 Å². The zero-order valence-electron chi connectivity index (χ0n) is 14.3. The first-order valence-corrected chi connectivity index (χ1v) is 8.08. The van der Waals surface area contributed by atoms with Crippen molar-refractivity contribution in [2.45, 2.75) is 13.5 Å². The molecule has 0 aliphatic rings. The maximum atomic E-state index is 12.4. The Morgan fingerprint density at radius 1 is 1.04 bits per heavy atom. The summed E-state index contributed by atoms with van der Waals surface area (Å²) in [6.07, 6.45) is 1.61. The molecule has 1 aromatic heterocycles. The maximum absolute atomic E-state index is 12.4. The van der Waals surface area contributed by atoms with Gasteiger partial charge in [-0.05, 0) is 30.7 Å². The Morgan fingerprint density at radius 3 is 2.48 bits per heavy atom. The number of nitrogens with one attached hydrogen (secondary N) is 1. The summed E-state index contributed by atoms with van der Waals surface area (Å²) in [5, 5.41) is 2.85. The zero-order valence-corrected chi connectivity index (χ0v) is 14.3. The van der Waals surface area contributed by atoms with Crippen molar-refractivity contribution in [3.8, 4) is 0 Å². The van der Waals surface area contributed by atoms with Crippen LogP contribution in [-0.2, 0) is 6.54 Å². The third-order valence-corrected chi connectivity index (χ3v) is 3.79. The first kappa shape index (κ1) is 16.6. The van der Waals surface area contributed by atoms with E-state index in [0.717, 1.165) is 16.8 Å². The Kier molecular flexibility index (Phi) is 5.04. The highest BCUT2D eigenvalue weighted by atomic mass is 16.1. The van der Waals surface area contributed by atoms with Gasteiger partial charge in [-0.25, -0.2) is 9.97 Å². The third-order valence-electron chi connectivity index (χ3n) is 3.79. The van der Waals surface area contributed by atoms with Crippen LogP contribution in [0, 0.1) is 6.92 Å². The Morgan fingerprint density at radius 2 is 1.76 bits per heavy atom. The van der Waals surface area contributed by atoms with E-state index in [2.05, 4.69) is 15.3 Å². The molecule has 0 unspecified atom stereocenters. The van der Waals surface area contributed by atoms with Crippen LogP contribution in [0.1, 0.15) is 21.6 Å². The number of aryl methyl sites for hydroxylation is 1. The topological polar surface area (TPSA) is 58.1 Å². The minimum Gasteiger partial charge on any atom is -0.340 e. The molecule has 3 rings (SSSR count). The van der Waals surface area contributed by atoms with Crippen molar-refractivity contribution >= 4 is 17.5 Å². The fourth-order valence-electron chi connectivity index (χ4n) is 2.42. The van der Waals surface area contributed by atoms with Gasteiger partial charge in [-0.15, -0.1) is 0 Å². The molecule has 0 spiro atoms. The highest BCUT2D eigenvalue weighted by Crippen LogP contribution is 2.13. The Balaban J connectivity index is 1.72. The van der Waals surface area contributed by atoms with E-state index < -0.39 is 0 Å². The number of hydrogen-bond donors (Lipinski definition) is 1. The van der Waals surface area contributed by atoms with Gasteiger partial charge in [0.15, 0.2) is 0 Å². The molecule has 1 heterocycles. The summed E-state index contributed by atoms with van der Waals surface area (Å²) in [4.78, 5) is 23.0. The van der Waals surface area contributed by atoms with Crippen LogP contribution in [0.2, 0.25) is 0 Å². The molecular weight excluding hydrogens is 312 g/mol. The van der Waals surface area contributed by atoms with Gasteiger partial charge in [0.25, 0.3) is 5.91 Å². The molecule has 5 heteroatoms. The van der Waals surface area contributed by atoms with Crippen molar-refractivity contribution in [1.29, 1.82) is 0 Å². The van der Waals surface area contributed by atoms with Crippen LogP contribution >= 0.6 is 0 Å². The van der Waals surface area contributed by atoms with Gasteiger partial charge in [0.05, 0.1) is 0 Å². The molecule has 5 nitrogen and oxygen atoms in total. The molecule has 25 heavy (non-hydrogen) atoms. The highest BCUT2D eigenvalue weighted by Gasteiger charge is 2.12. The van der Waals surface area contributed by atoms with Crippen LogP contribution in [-0.4, -0.2) is 22.9 Å². The van der Waals surface area contributed by atoms with E-state index in [4.69, 9.17) is 0 Å². The lowest BCUT2D eigenvalue weighted by molar-refractivity contribution is 0.102. The Bertz CT molecular complexity index is 847. The molecule has 0 atom stereocenters. The largest absolute Gasteiger partial charge is 0.340 e. The van der Waals surface area contributed by atoms with Crippen LogP contribution in [0.5, 0.6) is 0 Å². The lowest BCUT2D eigenvalue weighted by Crippen LogP contribution is -2.21. The summed E-state index contributed by atoms with van der Waals surface area (Å²) in [5.41, 5.74) is 3.38. The third kappa shape index (κ3) is 4.41. The molecule has 2 aromatic carbocycles. The summed E-state index contributed by atoms with van der Waals surface area (Å²) in [6.45, 7) is 2.68. The van der Waals surface area contributed by atoms with Crippen molar-refractivity contribution in [3.05, 3.63) is 83.7 Å². The summed E-state index contributed by atoms with van der Waals surface area (Å²) >= 11 is 0. The fraction of sp³-hybridized carbons (Fsp3) is 0.150. The number of carbonyl (C=O) groups excluding carboxylic acids is 1. The van der Waals surface area contributed by atoms with Crippen molar-refractivity contribution in [1.82, 2.24) is 9.97 Å². The molecule has 0 aliphatic carbocycles. The molecule has 1 amide bonds. The van der Waals surface area contributed by atoms with E-state index in [9.17, 15) is 4.79 Å². The van der Waals surface area contributed by atoms with E-state index in [-0.39, 0.29) is 5.91 Å². The number of rotatable bonds is 5. The molecule has 0 aliphatic heterocycles. The van der Waals surface area contributed by atoms with Crippen molar-refractivity contribution in [3.63, 3.8) is 0 Å². The van der Waals surface area contributed by atoms with Crippen molar-refractivity contribution < 1.29 is 4.79 Å². The SMILES string of the molecule is Cc1ccc(NC(=O)c2ccnc(N(C)Cc3ccccc3)n2)cc1. The predicted octanol–water partition coefficient (Wildman–Crippen LogP) is 3.67. The second-order valence-corrected chi connectivity index (χ2v) is 5.90. The molecule has 1 N–H and O–H groups in total. The zero-order chi connectivity index (χ0) is 17.6. The minimum atomic E-state index is -0.249. The minimum absolute atomic E-state index is 0.249. The van der Waals surface area contributed by atoms with Gasteiger partial charge in [-0.1, -0.05) is 48.0 Å². The van der Waals surface area contributed by atoms with Crippen LogP contribution in [0.25, 0.3) is 0 Å². The lowest BCUT2D eigenvalue weighted by Gasteiger charge is -2.17. The monoisotopic (exact) mass is 332 g/mol. The number of aromatic nitrogens is 2. The standard InChI is InChI=1S/C20H20N4O/c1-15-8-10-17(11-9-15)22-19(25)18-12-13-21-20(23-18)24(2)14-16-6-4-3-5-7-16/h3-13H,14H2,1-2H3,(H,22,25). The first-order chi connectivity index (χ1) is 12.1. The van der Waals surface area contributed by atoms with Crippen LogP contribution < -0.4 is 10.2 Å². The number of carbonyl (C=O) groups is 1. The molecule has 0 saturated heterocycles. The van der Waals surface area contributed by atoms with Crippen molar-refractivity contribution in [2.75, 3.05) is 17.3 Å². The van der Waals surface area contributed by atoms with E-state index in [1.54, 1.807) is 12.3 Å². The van der Waals surface area contributed by atoms with Crippen LogP contribution in [0.3, 0.4) is 0 Å². The van der Waals surface area contributed by atoms with E-state index >= 15 is 0 Å². The molecule has 0 fully saturated rings. The molecule has 0 radical (unpaired) electrons. The quantitative estimate of drug-likeness (QED) is 0.774. The van der Waals surface area contributed by atoms with Gasteiger partial charge >= 0.3 is 0 Å². The molecule has 0 saturated carbocycles. The summed E-state index contributed by atoms with van der Waals surface area (Å²) in [6, 6.07) is 19.3. The summed E-state index contributed by atoms with van der Waals surface area (Å²) in [5.74, 6) is 0.265. The van der Waals surface area contributed by atoms with Crippen molar-refractivity contribution in [2.24, 2.45) is 0 Å². The number of hydrogen-bond acceptors (Lipinski definition) is 4. The smallest absolute Gasteiger partial charge is 0.274 e. The average Bonchev–Trinajstić information content (AvgIpc) is 2.64.